The zero-order valence-electron chi connectivity index (χ0n) is 12.4. The molecule has 0 unspecified atom stereocenters. The lowest BCUT2D eigenvalue weighted by Gasteiger charge is -2.15. The van der Waals surface area contributed by atoms with Gasteiger partial charge in [-0.05, 0) is 31.9 Å². The first-order chi connectivity index (χ1) is 10.2. The Balaban J connectivity index is 2.01. The maximum absolute atomic E-state index is 12.2. The van der Waals surface area contributed by atoms with Gasteiger partial charge in [0.15, 0.2) is 0 Å². The van der Waals surface area contributed by atoms with Crippen molar-refractivity contribution in [2.45, 2.75) is 51.5 Å². The molecule has 5 nitrogen and oxygen atoms in total. The topological polar surface area (TPSA) is 68.3 Å². The lowest BCUT2D eigenvalue weighted by Crippen LogP contribution is -2.35. The third kappa shape index (κ3) is 4.55. The highest BCUT2D eigenvalue weighted by atomic mass is 16.5. The molecule has 1 heterocycles. The van der Waals surface area contributed by atoms with Gasteiger partial charge >= 0.3 is 5.97 Å². The number of hydrogen-bond donors (Lipinski definition) is 1. The van der Waals surface area contributed by atoms with Crippen molar-refractivity contribution in [3.8, 4) is 0 Å². The summed E-state index contributed by atoms with van der Waals surface area (Å²) in [5.74, 6) is -0.713. The molecule has 1 fully saturated rings. The van der Waals surface area contributed by atoms with Crippen LogP contribution in [0, 0.1) is 0 Å². The van der Waals surface area contributed by atoms with Crippen molar-refractivity contribution in [3.63, 3.8) is 0 Å². The van der Waals surface area contributed by atoms with Crippen LogP contribution < -0.4 is 5.32 Å². The third-order valence-electron chi connectivity index (χ3n) is 3.66. The number of pyridine rings is 1. The van der Waals surface area contributed by atoms with Crippen LogP contribution in [0.25, 0.3) is 0 Å². The molecule has 1 aromatic rings. The summed E-state index contributed by atoms with van der Waals surface area (Å²) in [5.41, 5.74) is 0.440. The van der Waals surface area contributed by atoms with Crippen molar-refractivity contribution in [1.82, 2.24) is 10.3 Å². The van der Waals surface area contributed by atoms with Gasteiger partial charge in [-0.2, -0.15) is 0 Å². The Labute approximate surface area is 125 Å². The highest BCUT2D eigenvalue weighted by Crippen LogP contribution is 2.17. The van der Waals surface area contributed by atoms with Crippen molar-refractivity contribution in [3.05, 3.63) is 29.6 Å². The van der Waals surface area contributed by atoms with Crippen LogP contribution in [0.2, 0.25) is 0 Å². The van der Waals surface area contributed by atoms with Gasteiger partial charge in [-0.15, -0.1) is 0 Å². The fourth-order valence-corrected chi connectivity index (χ4v) is 2.56. The van der Waals surface area contributed by atoms with Gasteiger partial charge < -0.3 is 10.1 Å². The van der Waals surface area contributed by atoms with E-state index in [4.69, 9.17) is 4.74 Å². The Kier molecular flexibility index (Phi) is 5.72. The molecule has 21 heavy (non-hydrogen) atoms. The quantitative estimate of drug-likeness (QED) is 0.684. The maximum Gasteiger partial charge on any atom is 0.356 e. The average Bonchev–Trinajstić information content (AvgIpc) is 2.76. The average molecular weight is 290 g/mol. The summed E-state index contributed by atoms with van der Waals surface area (Å²) in [7, 11) is 0. The van der Waals surface area contributed by atoms with Gasteiger partial charge in [0.2, 0.25) is 0 Å². The lowest BCUT2D eigenvalue weighted by atomic mass is 10.1. The predicted octanol–water partition coefficient (Wildman–Crippen LogP) is 2.71. The van der Waals surface area contributed by atoms with Crippen LogP contribution in [-0.4, -0.2) is 29.5 Å². The van der Waals surface area contributed by atoms with Crippen molar-refractivity contribution < 1.29 is 14.3 Å². The number of nitrogens with one attached hydrogen (secondary N) is 1. The van der Waals surface area contributed by atoms with Gasteiger partial charge in [-0.1, -0.05) is 31.7 Å². The van der Waals surface area contributed by atoms with E-state index in [0.717, 1.165) is 25.7 Å². The monoisotopic (exact) mass is 290 g/mol. The van der Waals surface area contributed by atoms with E-state index < -0.39 is 5.97 Å². The smallest absolute Gasteiger partial charge is 0.356 e. The summed E-state index contributed by atoms with van der Waals surface area (Å²) in [6.07, 6.45) is 6.82. The van der Waals surface area contributed by atoms with Crippen LogP contribution in [0.4, 0.5) is 0 Å². The minimum atomic E-state index is -0.499. The maximum atomic E-state index is 12.2. The Morgan fingerprint density at radius 2 is 1.86 bits per heavy atom. The number of carbonyl (C=O) groups is 2. The predicted molar refractivity (Wildman–Crippen MR) is 79.1 cm³/mol. The Morgan fingerprint density at radius 3 is 2.52 bits per heavy atom. The van der Waals surface area contributed by atoms with Crippen LogP contribution >= 0.6 is 0 Å². The number of aromatic nitrogens is 1. The van der Waals surface area contributed by atoms with Gasteiger partial charge in [-0.25, -0.2) is 9.78 Å². The molecule has 0 saturated heterocycles. The summed E-state index contributed by atoms with van der Waals surface area (Å²) in [5, 5.41) is 3.02. The number of nitrogens with zero attached hydrogens (tertiary/aromatic N) is 1. The molecule has 0 atom stereocenters. The summed E-state index contributed by atoms with van der Waals surface area (Å²) in [6.45, 7) is 2.03. The molecule has 1 saturated carbocycles. The highest BCUT2D eigenvalue weighted by molar-refractivity contribution is 5.94. The number of rotatable bonds is 4. The van der Waals surface area contributed by atoms with Crippen LogP contribution in [0.1, 0.15) is 66.4 Å². The Morgan fingerprint density at radius 1 is 1.19 bits per heavy atom. The van der Waals surface area contributed by atoms with Gasteiger partial charge in [-0.3, -0.25) is 4.79 Å². The molecule has 1 amide bonds. The van der Waals surface area contributed by atoms with Crippen LogP contribution in [0.5, 0.6) is 0 Å². The lowest BCUT2D eigenvalue weighted by molar-refractivity contribution is 0.0519. The highest BCUT2D eigenvalue weighted by Gasteiger charge is 2.18. The second-order valence-corrected chi connectivity index (χ2v) is 5.29. The molecular weight excluding hydrogens is 268 g/mol. The Hall–Kier alpha value is -1.91. The minimum absolute atomic E-state index is 0.172. The van der Waals surface area contributed by atoms with Crippen molar-refractivity contribution in [1.29, 1.82) is 0 Å². The van der Waals surface area contributed by atoms with Gasteiger partial charge in [0.25, 0.3) is 5.91 Å². The molecular formula is C16H22N2O3. The number of esters is 1. The van der Waals surface area contributed by atoms with Gasteiger partial charge in [0.1, 0.15) is 11.4 Å². The van der Waals surface area contributed by atoms with E-state index in [1.54, 1.807) is 25.1 Å². The fourth-order valence-electron chi connectivity index (χ4n) is 2.56. The first-order valence-corrected chi connectivity index (χ1v) is 7.65. The van der Waals surface area contributed by atoms with Crippen LogP contribution in [0.3, 0.4) is 0 Å². The third-order valence-corrected chi connectivity index (χ3v) is 3.66. The minimum Gasteiger partial charge on any atom is -0.461 e. The standard InChI is InChI=1S/C16H22N2O3/c1-2-21-16(20)14-11-7-10-13(18-14)15(19)17-12-8-5-3-4-6-9-12/h7,10-12H,2-6,8-9H2,1H3,(H,17,19). The Bertz CT molecular complexity index is 494. The first-order valence-electron chi connectivity index (χ1n) is 7.65. The van der Waals surface area contributed by atoms with E-state index >= 15 is 0 Å². The first kappa shape index (κ1) is 15.5. The normalized spacial score (nSPS) is 16.0. The van der Waals surface area contributed by atoms with Gasteiger partial charge in [0, 0.05) is 6.04 Å². The summed E-state index contributed by atoms with van der Waals surface area (Å²) < 4.78 is 4.90. The summed E-state index contributed by atoms with van der Waals surface area (Å²) in [4.78, 5) is 28.0. The second kappa shape index (κ2) is 7.76. The SMILES string of the molecule is CCOC(=O)c1cccc(C(=O)NC2CCCCCC2)n1. The number of hydrogen-bond acceptors (Lipinski definition) is 4. The molecule has 0 aliphatic heterocycles. The van der Waals surface area contributed by atoms with Gasteiger partial charge in [0.05, 0.1) is 6.61 Å². The van der Waals surface area contributed by atoms with E-state index in [9.17, 15) is 9.59 Å². The van der Waals surface area contributed by atoms with E-state index in [-0.39, 0.29) is 23.3 Å². The zero-order chi connectivity index (χ0) is 15.1. The fraction of sp³-hybridized carbons (Fsp3) is 0.562. The summed E-state index contributed by atoms with van der Waals surface area (Å²) >= 11 is 0. The molecule has 0 bridgehead atoms. The second-order valence-electron chi connectivity index (χ2n) is 5.29. The largest absolute Gasteiger partial charge is 0.461 e. The van der Waals surface area contributed by atoms with E-state index in [1.807, 2.05) is 0 Å². The van der Waals surface area contributed by atoms with E-state index in [1.165, 1.54) is 12.8 Å². The van der Waals surface area contributed by atoms with Crippen molar-refractivity contribution in [2.75, 3.05) is 6.61 Å². The number of amides is 1. The molecule has 0 radical (unpaired) electrons. The molecule has 0 aromatic carbocycles. The van der Waals surface area contributed by atoms with Crippen LogP contribution in [-0.2, 0) is 4.74 Å². The van der Waals surface area contributed by atoms with Crippen molar-refractivity contribution in [2.24, 2.45) is 0 Å². The molecule has 0 spiro atoms. The molecule has 114 valence electrons. The molecule has 5 heteroatoms. The zero-order valence-corrected chi connectivity index (χ0v) is 12.4. The molecule has 1 aromatic heterocycles. The van der Waals surface area contributed by atoms with E-state index in [2.05, 4.69) is 10.3 Å². The number of carbonyl (C=O) groups excluding carboxylic acids is 2. The molecule has 1 aliphatic carbocycles. The molecule has 1 N–H and O–H groups in total. The summed E-state index contributed by atoms with van der Waals surface area (Å²) in [6, 6.07) is 5.05. The van der Waals surface area contributed by atoms with E-state index in [0.29, 0.717) is 6.61 Å². The number of ether oxygens (including phenoxy) is 1. The van der Waals surface area contributed by atoms with Crippen LogP contribution in [0.15, 0.2) is 18.2 Å². The van der Waals surface area contributed by atoms with Crippen molar-refractivity contribution >= 4 is 11.9 Å². The molecule has 1 aliphatic rings. The molecule has 2 rings (SSSR count).